The number of amides is 1. The minimum atomic E-state index is -0.513. The summed E-state index contributed by atoms with van der Waals surface area (Å²) in [6.07, 6.45) is 2.28. The van der Waals surface area contributed by atoms with Crippen LogP contribution >= 0.6 is 0 Å². The van der Waals surface area contributed by atoms with Gasteiger partial charge < -0.3 is 18.9 Å². The molecule has 0 bridgehead atoms. The Morgan fingerprint density at radius 2 is 1.95 bits per heavy atom. The van der Waals surface area contributed by atoms with E-state index in [-0.39, 0.29) is 11.3 Å². The standard InChI is InChI=1S/C15H20N2O4/c1-14(2)19-8-15(9-20-14)6-17(7-15)13(18)11-5-12(21-16-11)10-3-4-10/h5,10H,3-4,6-9H2,1-2H3. The fourth-order valence-electron chi connectivity index (χ4n) is 2.94. The zero-order chi connectivity index (χ0) is 14.7. The predicted molar refractivity (Wildman–Crippen MR) is 72.8 cm³/mol. The van der Waals surface area contributed by atoms with Crippen molar-refractivity contribution in [1.29, 1.82) is 0 Å². The van der Waals surface area contributed by atoms with Crippen LogP contribution in [0.1, 0.15) is 48.9 Å². The molecule has 1 aliphatic carbocycles. The SMILES string of the molecule is CC1(C)OCC2(CO1)CN(C(=O)c1cc(C3CC3)on1)C2. The minimum Gasteiger partial charge on any atom is -0.360 e. The second kappa shape index (κ2) is 4.30. The third-order valence-corrected chi connectivity index (χ3v) is 4.52. The minimum absolute atomic E-state index is 0.0474. The average Bonchev–Trinajstić information content (AvgIpc) is 3.14. The summed E-state index contributed by atoms with van der Waals surface area (Å²) in [7, 11) is 0. The Balaban J connectivity index is 1.37. The summed E-state index contributed by atoms with van der Waals surface area (Å²) in [5.41, 5.74) is 0.374. The van der Waals surface area contributed by atoms with Gasteiger partial charge in [0.15, 0.2) is 11.5 Å². The van der Waals surface area contributed by atoms with Gasteiger partial charge in [-0.15, -0.1) is 0 Å². The van der Waals surface area contributed by atoms with E-state index in [0.29, 0.717) is 37.9 Å². The zero-order valence-corrected chi connectivity index (χ0v) is 12.4. The molecule has 3 aliphatic rings. The van der Waals surface area contributed by atoms with Gasteiger partial charge >= 0.3 is 0 Å². The van der Waals surface area contributed by atoms with Gasteiger partial charge in [0, 0.05) is 25.1 Å². The third-order valence-electron chi connectivity index (χ3n) is 4.52. The van der Waals surface area contributed by atoms with E-state index >= 15 is 0 Å². The van der Waals surface area contributed by atoms with Crippen LogP contribution in [0.25, 0.3) is 0 Å². The predicted octanol–water partition coefficient (Wildman–Crippen LogP) is 1.78. The highest BCUT2D eigenvalue weighted by atomic mass is 16.7. The van der Waals surface area contributed by atoms with Crippen molar-refractivity contribution in [2.45, 2.75) is 38.4 Å². The fraction of sp³-hybridized carbons (Fsp3) is 0.733. The summed E-state index contributed by atoms with van der Waals surface area (Å²) < 4.78 is 16.7. The van der Waals surface area contributed by atoms with E-state index in [4.69, 9.17) is 14.0 Å². The molecule has 0 aromatic carbocycles. The van der Waals surface area contributed by atoms with E-state index in [2.05, 4.69) is 5.16 Å². The van der Waals surface area contributed by atoms with Gasteiger partial charge in [0.05, 0.1) is 18.6 Å². The molecule has 6 nitrogen and oxygen atoms in total. The molecule has 6 heteroatoms. The lowest BCUT2D eigenvalue weighted by Crippen LogP contribution is -2.65. The van der Waals surface area contributed by atoms with E-state index in [0.717, 1.165) is 18.6 Å². The lowest BCUT2D eigenvalue weighted by Gasteiger charge is -2.53. The first-order chi connectivity index (χ1) is 9.96. The van der Waals surface area contributed by atoms with Gasteiger partial charge in [-0.1, -0.05) is 5.16 Å². The van der Waals surface area contributed by atoms with Crippen molar-refractivity contribution in [2.24, 2.45) is 5.41 Å². The number of carbonyl (C=O) groups is 1. The van der Waals surface area contributed by atoms with Gasteiger partial charge in [-0.25, -0.2) is 0 Å². The Labute approximate surface area is 123 Å². The van der Waals surface area contributed by atoms with Gasteiger partial charge in [-0.2, -0.15) is 0 Å². The molecule has 1 aromatic heterocycles. The number of nitrogens with zero attached hydrogens (tertiary/aromatic N) is 2. The Kier molecular flexibility index (Phi) is 2.72. The van der Waals surface area contributed by atoms with Gasteiger partial charge in [0.1, 0.15) is 5.76 Å². The molecule has 21 heavy (non-hydrogen) atoms. The number of aromatic nitrogens is 1. The van der Waals surface area contributed by atoms with Crippen LogP contribution in [-0.2, 0) is 9.47 Å². The summed E-state index contributed by atoms with van der Waals surface area (Å²) in [4.78, 5) is 14.1. The van der Waals surface area contributed by atoms with Crippen LogP contribution in [0.15, 0.2) is 10.6 Å². The first-order valence-corrected chi connectivity index (χ1v) is 7.50. The van der Waals surface area contributed by atoms with Crippen molar-refractivity contribution in [3.05, 3.63) is 17.5 Å². The van der Waals surface area contributed by atoms with Crippen molar-refractivity contribution >= 4 is 5.91 Å². The van der Waals surface area contributed by atoms with Crippen molar-refractivity contribution in [3.8, 4) is 0 Å². The van der Waals surface area contributed by atoms with Crippen molar-refractivity contribution < 1.29 is 18.8 Å². The summed E-state index contributed by atoms with van der Waals surface area (Å²) in [6, 6.07) is 1.79. The van der Waals surface area contributed by atoms with Crippen LogP contribution in [0.2, 0.25) is 0 Å². The maximum Gasteiger partial charge on any atom is 0.276 e. The maximum atomic E-state index is 12.4. The van der Waals surface area contributed by atoms with Gasteiger partial charge in [0.2, 0.25) is 0 Å². The number of carbonyl (C=O) groups excluding carboxylic acids is 1. The summed E-state index contributed by atoms with van der Waals surface area (Å²) >= 11 is 0. The van der Waals surface area contributed by atoms with Gasteiger partial charge in [-0.05, 0) is 26.7 Å². The molecule has 1 spiro atoms. The highest BCUT2D eigenvalue weighted by Gasteiger charge is 2.50. The van der Waals surface area contributed by atoms with Crippen LogP contribution in [0.4, 0.5) is 0 Å². The molecule has 1 amide bonds. The molecule has 1 aromatic rings. The average molecular weight is 292 g/mol. The Morgan fingerprint density at radius 1 is 1.29 bits per heavy atom. The second-order valence-electron chi connectivity index (χ2n) is 7.03. The number of hydrogen-bond acceptors (Lipinski definition) is 5. The fourth-order valence-corrected chi connectivity index (χ4v) is 2.94. The topological polar surface area (TPSA) is 64.8 Å². The van der Waals surface area contributed by atoms with Crippen LogP contribution in [0.3, 0.4) is 0 Å². The molecule has 3 heterocycles. The van der Waals surface area contributed by atoms with E-state index in [1.165, 1.54) is 0 Å². The quantitative estimate of drug-likeness (QED) is 0.831. The van der Waals surface area contributed by atoms with Crippen LogP contribution in [0, 0.1) is 5.41 Å². The van der Waals surface area contributed by atoms with Gasteiger partial charge in [-0.3, -0.25) is 4.79 Å². The Morgan fingerprint density at radius 3 is 2.57 bits per heavy atom. The molecule has 0 atom stereocenters. The molecule has 0 N–H and O–H groups in total. The number of hydrogen-bond donors (Lipinski definition) is 0. The Hall–Kier alpha value is -1.40. The molecule has 3 fully saturated rings. The highest BCUT2D eigenvalue weighted by molar-refractivity contribution is 5.93. The first-order valence-electron chi connectivity index (χ1n) is 7.50. The zero-order valence-electron chi connectivity index (χ0n) is 12.4. The normalized spacial score (nSPS) is 26.7. The van der Waals surface area contributed by atoms with Gasteiger partial charge in [0.25, 0.3) is 5.91 Å². The number of likely N-dealkylation sites (tertiary alicyclic amines) is 1. The van der Waals surface area contributed by atoms with Crippen LogP contribution in [-0.4, -0.2) is 48.1 Å². The molecule has 0 radical (unpaired) electrons. The third kappa shape index (κ3) is 2.36. The van der Waals surface area contributed by atoms with E-state index < -0.39 is 5.79 Å². The Bertz CT molecular complexity index is 558. The van der Waals surface area contributed by atoms with Crippen molar-refractivity contribution in [3.63, 3.8) is 0 Å². The molecule has 0 unspecified atom stereocenters. The smallest absolute Gasteiger partial charge is 0.276 e. The monoisotopic (exact) mass is 292 g/mol. The molecule has 114 valence electrons. The summed E-state index contributed by atoms with van der Waals surface area (Å²) in [5, 5.41) is 3.91. The number of ether oxygens (including phenoxy) is 2. The van der Waals surface area contributed by atoms with E-state index in [9.17, 15) is 4.79 Å². The highest BCUT2D eigenvalue weighted by Crippen LogP contribution is 2.41. The van der Waals surface area contributed by atoms with E-state index in [1.807, 2.05) is 13.8 Å². The first kappa shape index (κ1) is 13.3. The molecular weight excluding hydrogens is 272 g/mol. The molecule has 2 saturated heterocycles. The summed E-state index contributed by atoms with van der Waals surface area (Å²) in [6.45, 7) is 6.42. The molecular formula is C15H20N2O4. The second-order valence-corrected chi connectivity index (χ2v) is 7.03. The maximum absolute atomic E-state index is 12.4. The summed E-state index contributed by atoms with van der Waals surface area (Å²) in [5.74, 6) is 0.756. The molecule has 2 aliphatic heterocycles. The molecule has 1 saturated carbocycles. The lowest BCUT2D eigenvalue weighted by atomic mass is 9.80. The van der Waals surface area contributed by atoms with E-state index in [1.54, 1.807) is 11.0 Å². The molecule has 4 rings (SSSR count). The lowest BCUT2D eigenvalue weighted by molar-refractivity contribution is -0.301. The largest absolute Gasteiger partial charge is 0.360 e. The van der Waals surface area contributed by atoms with Crippen molar-refractivity contribution in [2.75, 3.05) is 26.3 Å². The number of rotatable bonds is 2. The van der Waals surface area contributed by atoms with Crippen LogP contribution in [0.5, 0.6) is 0 Å². The van der Waals surface area contributed by atoms with Crippen molar-refractivity contribution in [1.82, 2.24) is 10.1 Å². The van der Waals surface area contributed by atoms with Crippen LogP contribution < -0.4 is 0 Å².